The number of aromatic nitrogens is 2. The van der Waals surface area contributed by atoms with Crippen LogP contribution in [0.5, 0.6) is 11.5 Å². The molecule has 0 radical (unpaired) electrons. The average Bonchev–Trinajstić information content (AvgIpc) is 3.39. The third-order valence-corrected chi connectivity index (χ3v) is 4.69. The Morgan fingerprint density at radius 3 is 2.72 bits per heavy atom. The molecule has 0 aliphatic carbocycles. The van der Waals surface area contributed by atoms with Gasteiger partial charge in [0.25, 0.3) is 0 Å². The van der Waals surface area contributed by atoms with Crippen molar-refractivity contribution in [1.29, 1.82) is 0 Å². The topological polar surface area (TPSA) is 65.4 Å². The molecule has 0 saturated carbocycles. The highest BCUT2D eigenvalue weighted by molar-refractivity contribution is 6.02. The predicted octanol–water partition coefficient (Wildman–Crippen LogP) is 4.41. The Balaban J connectivity index is 1.28. The van der Waals surface area contributed by atoms with Crippen LogP contribution in [0.15, 0.2) is 79.1 Å². The first-order valence-corrected chi connectivity index (χ1v) is 9.17. The zero-order valence-corrected chi connectivity index (χ0v) is 15.4. The Hall–Kier alpha value is -4.06. The quantitative estimate of drug-likeness (QED) is 0.530. The molecule has 1 amide bonds. The molecule has 0 atom stereocenters. The van der Waals surface area contributed by atoms with Gasteiger partial charge in [-0.25, -0.2) is 4.98 Å². The zero-order chi connectivity index (χ0) is 19.6. The van der Waals surface area contributed by atoms with E-state index in [0.29, 0.717) is 5.75 Å². The van der Waals surface area contributed by atoms with E-state index in [-0.39, 0.29) is 12.7 Å². The van der Waals surface area contributed by atoms with Crippen LogP contribution in [-0.2, 0) is 4.79 Å². The Morgan fingerprint density at radius 1 is 1.00 bits per heavy atom. The van der Waals surface area contributed by atoms with Crippen molar-refractivity contribution in [3.8, 4) is 17.2 Å². The number of carbonyl (C=O) groups excluding carboxylic acids is 1. The van der Waals surface area contributed by atoms with Crippen LogP contribution in [0.3, 0.4) is 0 Å². The summed E-state index contributed by atoms with van der Waals surface area (Å²) in [4.78, 5) is 16.6. The molecule has 0 spiro atoms. The van der Waals surface area contributed by atoms with Crippen molar-refractivity contribution in [3.63, 3.8) is 0 Å². The van der Waals surface area contributed by atoms with Crippen LogP contribution >= 0.6 is 0 Å². The van der Waals surface area contributed by atoms with Crippen LogP contribution in [-0.4, -0.2) is 22.3 Å². The first-order valence-electron chi connectivity index (χ1n) is 9.17. The summed E-state index contributed by atoms with van der Waals surface area (Å²) in [6, 6.07) is 21.2. The number of ether oxygens (including phenoxy) is 2. The summed E-state index contributed by atoms with van der Waals surface area (Å²) in [6.07, 6.45) is 5.03. The summed E-state index contributed by atoms with van der Waals surface area (Å²) in [6.45, 7) is 0.230. The van der Waals surface area contributed by atoms with E-state index in [1.807, 2.05) is 71.3 Å². The van der Waals surface area contributed by atoms with E-state index in [2.05, 4.69) is 10.3 Å². The number of para-hydroxylation sites is 2. The van der Waals surface area contributed by atoms with E-state index >= 15 is 0 Å². The van der Waals surface area contributed by atoms with Gasteiger partial charge >= 0.3 is 0 Å². The molecule has 1 aliphatic rings. The second-order valence-corrected chi connectivity index (χ2v) is 6.59. The van der Waals surface area contributed by atoms with Gasteiger partial charge in [0, 0.05) is 17.5 Å². The van der Waals surface area contributed by atoms with Crippen molar-refractivity contribution in [2.45, 2.75) is 0 Å². The highest BCUT2D eigenvalue weighted by Crippen LogP contribution is 2.32. The summed E-state index contributed by atoms with van der Waals surface area (Å²) in [5.74, 6) is 1.20. The fourth-order valence-electron chi connectivity index (χ4n) is 3.24. The molecule has 1 aromatic heterocycles. The van der Waals surface area contributed by atoms with Crippen LogP contribution in [0.4, 0.5) is 5.69 Å². The van der Waals surface area contributed by atoms with E-state index in [4.69, 9.17) is 9.47 Å². The normalized spacial score (nSPS) is 12.6. The number of nitrogens with zero attached hydrogens (tertiary/aromatic N) is 2. The molecule has 1 N–H and O–H groups in total. The highest BCUT2D eigenvalue weighted by atomic mass is 16.7. The molecular formula is C23H17N3O3. The minimum absolute atomic E-state index is 0.205. The maximum Gasteiger partial charge on any atom is 0.248 e. The number of amides is 1. The first-order chi connectivity index (χ1) is 14.3. The van der Waals surface area contributed by atoms with Crippen molar-refractivity contribution in [3.05, 3.63) is 84.7 Å². The number of hydrogen-bond donors (Lipinski definition) is 1. The summed E-state index contributed by atoms with van der Waals surface area (Å²) in [7, 11) is 0. The van der Waals surface area contributed by atoms with Gasteiger partial charge in [0.15, 0.2) is 11.5 Å². The molecule has 142 valence electrons. The summed E-state index contributed by atoms with van der Waals surface area (Å²) < 4.78 is 12.6. The predicted molar refractivity (Wildman–Crippen MR) is 111 cm³/mol. The van der Waals surface area contributed by atoms with E-state index in [1.165, 1.54) is 6.08 Å². The lowest BCUT2D eigenvalue weighted by atomic mass is 10.2. The van der Waals surface area contributed by atoms with Crippen molar-refractivity contribution in [1.82, 2.24) is 9.55 Å². The van der Waals surface area contributed by atoms with Gasteiger partial charge in [-0.15, -0.1) is 0 Å². The smallest absolute Gasteiger partial charge is 0.248 e. The van der Waals surface area contributed by atoms with E-state index in [9.17, 15) is 4.79 Å². The van der Waals surface area contributed by atoms with Crippen LogP contribution in [0.2, 0.25) is 0 Å². The van der Waals surface area contributed by atoms with Gasteiger partial charge in [0.1, 0.15) is 6.33 Å². The van der Waals surface area contributed by atoms with Crippen molar-refractivity contribution in [2.75, 3.05) is 12.1 Å². The van der Waals surface area contributed by atoms with Crippen molar-refractivity contribution < 1.29 is 14.3 Å². The monoisotopic (exact) mass is 383 g/mol. The minimum Gasteiger partial charge on any atom is -0.454 e. The summed E-state index contributed by atoms with van der Waals surface area (Å²) >= 11 is 0. The number of hydrogen-bond acceptors (Lipinski definition) is 4. The Morgan fingerprint density at radius 2 is 1.83 bits per heavy atom. The van der Waals surface area contributed by atoms with Crippen LogP contribution in [0.25, 0.3) is 22.8 Å². The number of rotatable bonds is 4. The Kier molecular flexibility index (Phi) is 4.22. The summed E-state index contributed by atoms with van der Waals surface area (Å²) in [5.41, 5.74) is 4.55. The van der Waals surface area contributed by atoms with Gasteiger partial charge in [-0.1, -0.05) is 18.2 Å². The fourth-order valence-corrected chi connectivity index (χ4v) is 3.24. The maximum absolute atomic E-state index is 12.2. The first kappa shape index (κ1) is 17.1. The second kappa shape index (κ2) is 7.16. The lowest BCUT2D eigenvalue weighted by Gasteiger charge is -2.07. The van der Waals surface area contributed by atoms with Crippen molar-refractivity contribution >= 4 is 28.7 Å². The molecular weight excluding hydrogens is 366 g/mol. The number of imidazole rings is 1. The number of carbonyl (C=O) groups is 1. The molecule has 0 fully saturated rings. The number of nitrogens with one attached hydrogen (secondary N) is 1. The van der Waals surface area contributed by atoms with Gasteiger partial charge < -0.3 is 14.8 Å². The molecule has 5 rings (SSSR count). The van der Waals surface area contributed by atoms with Crippen LogP contribution < -0.4 is 14.8 Å². The fraction of sp³-hybridized carbons (Fsp3) is 0.0435. The molecule has 6 nitrogen and oxygen atoms in total. The molecule has 2 heterocycles. The van der Waals surface area contributed by atoms with Gasteiger partial charge in [0.05, 0.1) is 11.0 Å². The zero-order valence-electron chi connectivity index (χ0n) is 15.4. The van der Waals surface area contributed by atoms with Gasteiger partial charge in [0.2, 0.25) is 12.7 Å². The van der Waals surface area contributed by atoms with Gasteiger partial charge in [-0.3, -0.25) is 9.36 Å². The van der Waals surface area contributed by atoms with Gasteiger partial charge in [-0.2, -0.15) is 0 Å². The second-order valence-electron chi connectivity index (χ2n) is 6.59. The van der Waals surface area contributed by atoms with E-state index in [1.54, 1.807) is 12.4 Å². The number of anilines is 1. The van der Waals surface area contributed by atoms with Crippen molar-refractivity contribution in [2.24, 2.45) is 0 Å². The highest BCUT2D eigenvalue weighted by Gasteiger charge is 2.12. The summed E-state index contributed by atoms with van der Waals surface area (Å²) in [5, 5.41) is 2.87. The lowest BCUT2D eigenvalue weighted by Crippen LogP contribution is -2.07. The molecule has 1 aliphatic heterocycles. The standard InChI is InChI=1S/C23H17N3O3/c27-23(12-6-16-5-11-21-22(13-16)29-15-28-21)25-17-7-9-18(10-8-17)26-14-24-19-3-1-2-4-20(19)26/h1-14H,15H2,(H,25,27)/b12-6+. The molecule has 29 heavy (non-hydrogen) atoms. The molecule has 6 heteroatoms. The SMILES string of the molecule is O=C(/C=C/c1ccc2c(c1)OCO2)Nc1ccc(-n2cnc3ccccc32)cc1. The average molecular weight is 383 g/mol. The number of fused-ring (bicyclic) bond motifs is 2. The van der Waals surface area contributed by atoms with Gasteiger partial charge in [-0.05, 0) is 60.2 Å². The Bertz CT molecular complexity index is 1230. The third-order valence-electron chi connectivity index (χ3n) is 4.69. The molecule has 0 saturated heterocycles. The van der Waals surface area contributed by atoms with Crippen LogP contribution in [0.1, 0.15) is 5.56 Å². The van der Waals surface area contributed by atoms with Crippen LogP contribution in [0, 0.1) is 0 Å². The minimum atomic E-state index is -0.205. The maximum atomic E-state index is 12.2. The van der Waals surface area contributed by atoms with E-state index < -0.39 is 0 Å². The number of benzene rings is 3. The third kappa shape index (κ3) is 3.43. The largest absolute Gasteiger partial charge is 0.454 e. The molecule has 4 aromatic rings. The molecule has 3 aromatic carbocycles. The lowest BCUT2D eigenvalue weighted by molar-refractivity contribution is -0.111. The Labute approximate surface area is 167 Å². The molecule has 0 bridgehead atoms. The van der Waals surface area contributed by atoms with E-state index in [0.717, 1.165) is 33.7 Å². The molecule has 0 unspecified atom stereocenters.